The molecule has 3 aromatic heterocycles. The van der Waals surface area contributed by atoms with Crippen LogP contribution in [0.1, 0.15) is 17.3 Å². The number of carbonyl (C=O) groups excluding carboxylic acids is 2. The highest BCUT2D eigenvalue weighted by Crippen LogP contribution is 2.29. The Hall–Kier alpha value is -4.60. The topological polar surface area (TPSA) is 141 Å². The van der Waals surface area contributed by atoms with E-state index in [0.29, 0.717) is 10.8 Å². The molecule has 1 unspecified atom stereocenters. The maximum atomic E-state index is 14.4. The molecule has 1 atom stereocenters. The van der Waals surface area contributed by atoms with E-state index in [1.54, 1.807) is 6.92 Å². The fraction of sp³-hybridized carbons (Fsp3) is 0.130. The number of hydrogen-bond donors (Lipinski definition) is 2. The molecule has 0 saturated heterocycles. The number of amides is 2. The van der Waals surface area contributed by atoms with E-state index in [0.717, 1.165) is 40.4 Å². The Morgan fingerprint density at radius 2 is 1.62 bits per heavy atom. The Bertz CT molecular complexity index is 1780. The number of nitrogens with two attached hydrogens (primary N) is 1. The SMILES string of the molecule is Cc1ccc(S(=O)(=O)N=c2ccc(F)cn2C(C(N)=O)c2c(NC(=O)C(F)(F)F)nc3ccc(F)cn23)cc1. The molecule has 1 aromatic carbocycles. The van der Waals surface area contributed by atoms with Crippen molar-refractivity contribution < 1.29 is 40.0 Å². The van der Waals surface area contributed by atoms with Gasteiger partial charge in [0.2, 0.25) is 5.91 Å². The number of imidazole rings is 1. The molecular weight excluding hydrogens is 551 g/mol. The number of nitrogens with one attached hydrogen (secondary N) is 1. The molecule has 0 saturated carbocycles. The summed E-state index contributed by atoms with van der Waals surface area (Å²) in [4.78, 5) is 28.0. The lowest BCUT2D eigenvalue weighted by atomic mass is 10.1. The summed E-state index contributed by atoms with van der Waals surface area (Å²) in [5, 5.41) is 1.50. The first-order valence-corrected chi connectivity index (χ1v) is 12.2. The molecule has 0 aliphatic heterocycles. The van der Waals surface area contributed by atoms with Crippen LogP contribution in [0.4, 0.5) is 27.8 Å². The summed E-state index contributed by atoms with van der Waals surface area (Å²) in [6.45, 7) is 1.72. The van der Waals surface area contributed by atoms with Crippen LogP contribution in [-0.4, -0.2) is 40.4 Å². The van der Waals surface area contributed by atoms with Crippen molar-refractivity contribution in [1.29, 1.82) is 0 Å². The first-order valence-electron chi connectivity index (χ1n) is 10.8. The van der Waals surface area contributed by atoms with E-state index in [1.807, 2.05) is 0 Å². The largest absolute Gasteiger partial charge is 0.471 e. The van der Waals surface area contributed by atoms with Gasteiger partial charge in [0.05, 0.1) is 10.6 Å². The van der Waals surface area contributed by atoms with Crippen molar-refractivity contribution in [2.24, 2.45) is 10.1 Å². The maximum absolute atomic E-state index is 14.4. The lowest BCUT2D eigenvalue weighted by Crippen LogP contribution is -2.37. The first kappa shape index (κ1) is 27.4. The van der Waals surface area contributed by atoms with Gasteiger partial charge in [0.25, 0.3) is 10.0 Å². The molecule has 10 nitrogen and oxygen atoms in total. The van der Waals surface area contributed by atoms with Crippen LogP contribution >= 0.6 is 0 Å². The van der Waals surface area contributed by atoms with E-state index in [1.165, 1.54) is 29.6 Å². The highest BCUT2D eigenvalue weighted by atomic mass is 32.2. The van der Waals surface area contributed by atoms with Gasteiger partial charge in [-0.25, -0.2) is 13.8 Å². The Kier molecular flexibility index (Phi) is 6.99. The number of anilines is 1. The van der Waals surface area contributed by atoms with Gasteiger partial charge >= 0.3 is 12.1 Å². The molecule has 204 valence electrons. The molecule has 2 amide bonds. The van der Waals surface area contributed by atoms with Crippen molar-refractivity contribution in [3.63, 3.8) is 0 Å². The van der Waals surface area contributed by atoms with Gasteiger partial charge in [0, 0.05) is 12.4 Å². The third-order valence-electron chi connectivity index (χ3n) is 5.37. The zero-order valence-corrected chi connectivity index (χ0v) is 20.5. The van der Waals surface area contributed by atoms with E-state index in [2.05, 4.69) is 9.38 Å². The van der Waals surface area contributed by atoms with Crippen LogP contribution in [0.5, 0.6) is 0 Å². The predicted octanol–water partition coefficient (Wildman–Crippen LogP) is 2.59. The maximum Gasteiger partial charge on any atom is 0.471 e. The van der Waals surface area contributed by atoms with E-state index in [9.17, 15) is 40.0 Å². The zero-order valence-electron chi connectivity index (χ0n) is 19.6. The lowest BCUT2D eigenvalue weighted by molar-refractivity contribution is -0.167. The van der Waals surface area contributed by atoms with E-state index in [4.69, 9.17) is 5.73 Å². The van der Waals surface area contributed by atoms with Crippen LogP contribution in [0.15, 0.2) is 70.2 Å². The summed E-state index contributed by atoms with van der Waals surface area (Å²) in [5.41, 5.74) is 4.86. The lowest BCUT2D eigenvalue weighted by Gasteiger charge is -2.20. The minimum Gasteiger partial charge on any atom is -0.368 e. The van der Waals surface area contributed by atoms with Crippen LogP contribution in [0, 0.1) is 18.6 Å². The van der Waals surface area contributed by atoms with E-state index >= 15 is 0 Å². The molecule has 16 heteroatoms. The first-order chi connectivity index (χ1) is 18.2. The monoisotopic (exact) mass is 568 g/mol. The van der Waals surface area contributed by atoms with Crippen molar-refractivity contribution in [3.8, 4) is 0 Å². The molecule has 4 rings (SSSR count). The molecule has 0 fully saturated rings. The van der Waals surface area contributed by atoms with Gasteiger partial charge in [-0.2, -0.15) is 21.6 Å². The number of nitrogens with zero attached hydrogens (tertiary/aromatic N) is 4. The predicted molar refractivity (Wildman–Crippen MR) is 125 cm³/mol. The fourth-order valence-corrected chi connectivity index (χ4v) is 4.61. The smallest absolute Gasteiger partial charge is 0.368 e. The molecule has 0 aliphatic carbocycles. The molecule has 0 radical (unpaired) electrons. The third-order valence-corrected chi connectivity index (χ3v) is 6.66. The van der Waals surface area contributed by atoms with Crippen LogP contribution in [0.2, 0.25) is 0 Å². The van der Waals surface area contributed by atoms with Gasteiger partial charge in [-0.1, -0.05) is 17.7 Å². The van der Waals surface area contributed by atoms with Gasteiger partial charge in [-0.05, 0) is 43.3 Å². The minimum atomic E-state index is -5.38. The number of halogens is 5. The van der Waals surface area contributed by atoms with Crippen LogP contribution in [-0.2, 0) is 19.6 Å². The Morgan fingerprint density at radius 1 is 1.00 bits per heavy atom. The zero-order chi connectivity index (χ0) is 28.7. The number of aromatic nitrogens is 3. The average molecular weight is 568 g/mol. The Balaban J connectivity index is 2.01. The molecule has 0 aliphatic rings. The van der Waals surface area contributed by atoms with Gasteiger partial charge in [-0.15, -0.1) is 4.40 Å². The quantitative estimate of drug-likeness (QED) is 0.344. The molecule has 0 spiro atoms. The van der Waals surface area contributed by atoms with E-state index < -0.39 is 62.7 Å². The van der Waals surface area contributed by atoms with Crippen LogP contribution in [0.3, 0.4) is 0 Å². The van der Waals surface area contributed by atoms with Crippen LogP contribution in [0.25, 0.3) is 5.65 Å². The van der Waals surface area contributed by atoms with Gasteiger partial charge in [-0.3, -0.25) is 14.0 Å². The van der Waals surface area contributed by atoms with E-state index in [-0.39, 0.29) is 10.5 Å². The number of hydrogen-bond acceptors (Lipinski definition) is 5. The minimum absolute atomic E-state index is 0.224. The number of benzene rings is 1. The molecule has 3 heterocycles. The van der Waals surface area contributed by atoms with Crippen molar-refractivity contribution >= 4 is 33.3 Å². The van der Waals surface area contributed by atoms with Crippen molar-refractivity contribution in [3.05, 3.63) is 89.3 Å². The second-order valence-corrected chi connectivity index (χ2v) is 9.77. The number of aryl methyl sites for hydroxylation is 1. The second-order valence-electron chi connectivity index (χ2n) is 8.17. The van der Waals surface area contributed by atoms with Gasteiger partial charge in [0.1, 0.15) is 22.8 Å². The highest BCUT2D eigenvalue weighted by molar-refractivity contribution is 7.90. The summed E-state index contributed by atoms with van der Waals surface area (Å²) in [6, 6.07) is 7.11. The fourth-order valence-electron chi connectivity index (χ4n) is 3.62. The van der Waals surface area contributed by atoms with Crippen molar-refractivity contribution in [2.75, 3.05) is 5.32 Å². The summed E-state index contributed by atoms with van der Waals surface area (Å²) in [6.07, 6.45) is -4.03. The summed E-state index contributed by atoms with van der Waals surface area (Å²) >= 11 is 0. The number of carbonyl (C=O) groups is 2. The van der Waals surface area contributed by atoms with Crippen molar-refractivity contribution in [2.45, 2.75) is 24.0 Å². The number of rotatable bonds is 6. The summed E-state index contributed by atoms with van der Waals surface area (Å²) in [7, 11) is -4.46. The summed E-state index contributed by atoms with van der Waals surface area (Å²) in [5.74, 6) is -6.64. The number of alkyl halides is 3. The molecule has 4 aromatic rings. The standard InChI is InChI=1S/C23H17F5N6O4S/c1-12-2-6-15(7-3-12)39(37,38)32-17-9-5-14(25)11-34(17)18(20(29)35)19-21(31-22(36)23(26,27)28)30-16-8-4-13(24)10-33(16)19/h2-11,18H,1H3,(H2,29,35)(H,31,36). The molecular formula is C23H17F5N6O4S. The normalized spacial score (nSPS) is 13.4. The van der Waals surface area contributed by atoms with Crippen LogP contribution < -0.4 is 16.5 Å². The second kappa shape index (κ2) is 9.94. The number of fused-ring (bicyclic) bond motifs is 1. The summed E-state index contributed by atoms with van der Waals surface area (Å²) < 4.78 is 98.6. The molecule has 3 N–H and O–H groups in total. The molecule has 39 heavy (non-hydrogen) atoms. The average Bonchev–Trinajstić information content (AvgIpc) is 3.17. The Morgan fingerprint density at radius 3 is 2.23 bits per heavy atom. The number of primary amides is 1. The Labute approximate surface area is 216 Å². The number of pyridine rings is 2. The third kappa shape index (κ3) is 5.64. The van der Waals surface area contributed by atoms with Gasteiger partial charge in [0.15, 0.2) is 11.9 Å². The van der Waals surface area contributed by atoms with Gasteiger partial charge < -0.3 is 15.6 Å². The highest BCUT2D eigenvalue weighted by Gasteiger charge is 2.40. The van der Waals surface area contributed by atoms with Crippen molar-refractivity contribution in [1.82, 2.24) is 14.0 Å². The molecule has 0 bridgehead atoms. The number of sulfonamides is 1.